The molecule has 86 valence electrons. The third-order valence-electron chi connectivity index (χ3n) is 1.79. The monoisotopic (exact) mass is 282 g/mol. The van der Waals surface area contributed by atoms with E-state index in [2.05, 4.69) is 4.98 Å². The molecular formula is C12H14N2O2Zn. The van der Waals surface area contributed by atoms with Crippen molar-refractivity contribution in [3.8, 4) is 11.5 Å². The fourth-order valence-corrected chi connectivity index (χ4v) is 1.03. The van der Waals surface area contributed by atoms with Crippen molar-refractivity contribution in [2.45, 2.75) is 6.92 Å². The Morgan fingerprint density at radius 3 is 1.76 bits per heavy atom. The Balaban J connectivity index is 0.000000284. The molecule has 0 aliphatic rings. The molecule has 5 heteroatoms. The van der Waals surface area contributed by atoms with Gasteiger partial charge in [-0.2, -0.15) is 0 Å². The Bertz CT molecular complexity index is 426. The Hall–Kier alpha value is -1.61. The van der Waals surface area contributed by atoms with Crippen LogP contribution in [0.15, 0.2) is 42.5 Å². The summed E-state index contributed by atoms with van der Waals surface area (Å²) in [5, 5.41) is 17.3. The van der Waals surface area contributed by atoms with Crippen LogP contribution in [0, 0.1) is 6.92 Å². The minimum atomic E-state index is -0.0764. The van der Waals surface area contributed by atoms with E-state index in [1.807, 2.05) is 19.1 Å². The zero-order chi connectivity index (χ0) is 12.0. The van der Waals surface area contributed by atoms with Crippen molar-refractivity contribution in [1.82, 2.24) is 4.98 Å². The quantitative estimate of drug-likeness (QED) is 0.511. The number of aryl methyl sites for hydroxylation is 1. The van der Waals surface area contributed by atoms with Crippen LogP contribution in [-0.2, 0) is 19.5 Å². The van der Waals surface area contributed by atoms with Crippen LogP contribution >= 0.6 is 0 Å². The normalized spacial score (nSPS) is 8.53. The number of anilines is 1. The number of hydrogen-bond donors (Lipinski definition) is 3. The SMILES string of the molecule is Cc1cccc(N)n1.Oc1ccccc1O.[Zn]. The molecule has 2 aromatic rings. The number of phenolic OH excluding ortho intramolecular Hbond substituents is 2. The molecule has 0 radical (unpaired) electrons. The van der Waals surface area contributed by atoms with Crippen LogP contribution in [0.25, 0.3) is 0 Å². The Labute approximate surface area is 113 Å². The molecule has 0 saturated carbocycles. The second-order valence-electron chi connectivity index (χ2n) is 3.19. The number of nitrogens with two attached hydrogens (primary N) is 1. The number of hydrogen-bond acceptors (Lipinski definition) is 4. The van der Waals surface area contributed by atoms with Gasteiger partial charge in [-0.3, -0.25) is 0 Å². The minimum absolute atomic E-state index is 0. The van der Waals surface area contributed by atoms with Crippen LogP contribution in [0.4, 0.5) is 5.82 Å². The van der Waals surface area contributed by atoms with Crippen LogP contribution in [0.1, 0.15) is 5.69 Å². The summed E-state index contributed by atoms with van der Waals surface area (Å²) in [5.74, 6) is 0.435. The fraction of sp³-hybridized carbons (Fsp3) is 0.0833. The van der Waals surface area contributed by atoms with Crippen LogP contribution in [0.5, 0.6) is 11.5 Å². The van der Waals surface area contributed by atoms with Gasteiger partial charge in [0.15, 0.2) is 11.5 Å². The molecule has 0 spiro atoms. The summed E-state index contributed by atoms with van der Waals surface area (Å²) < 4.78 is 0. The van der Waals surface area contributed by atoms with Gasteiger partial charge in [0.05, 0.1) is 0 Å². The molecule has 0 amide bonds. The van der Waals surface area contributed by atoms with E-state index >= 15 is 0 Å². The number of benzene rings is 1. The van der Waals surface area contributed by atoms with Gasteiger partial charge in [0.2, 0.25) is 0 Å². The third-order valence-corrected chi connectivity index (χ3v) is 1.79. The summed E-state index contributed by atoms with van der Waals surface area (Å²) in [6.45, 7) is 1.91. The second kappa shape index (κ2) is 7.63. The average molecular weight is 284 g/mol. The van der Waals surface area contributed by atoms with Gasteiger partial charge in [-0.25, -0.2) is 4.98 Å². The molecule has 0 aliphatic carbocycles. The number of nitrogens with zero attached hydrogens (tertiary/aromatic N) is 1. The molecule has 17 heavy (non-hydrogen) atoms. The summed E-state index contributed by atoms with van der Waals surface area (Å²) in [7, 11) is 0. The zero-order valence-corrected chi connectivity index (χ0v) is 12.6. The average Bonchev–Trinajstić information content (AvgIpc) is 2.23. The second-order valence-corrected chi connectivity index (χ2v) is 3.19. The van der Waals surface area contributed by atoms with E-state index in [1.165, 1.54) is 12.1 Å². The first-order chi connectivity index (χ1) is 7.59. The maximum atomic E-state index is 8.67. The molecule has 4 N–H and O–H groups in total. The van der Waals surface area contributed by atoms with Crippen molar-refractivity contribution in [3.63, 3.8) is 0 Å². The molecule has 2 rings (SSSR count). The first-order valence-corrected chi connectivity index (χ1v) is 4.75. The molecule has 1 aromatic carbocycles. The number of pyridine rings is 1. The molecule has 0 fully saturated rings. The molecule has 0 unspecified atom stereocenters. The number of aromatic nitrogens is 1. The predicted molar refractivity (Wildman–Crippen MR) is 63.2 cm³/mol. The molecule has 1 heterocycles. The van der Waals surface area contributed by atoms with Gasteiger partial charge < -0.3 is 15.9 Å². The summed E-state index contributed by atoms with van der Waals surface area (Å²) in [4.78, 5) is 3.95. The number of para-hydroxylation sites is 2. The molecule has 4 nitrogen and oxygen atoms in total. The van der Waals surface area contributed by atoms with Crippen molar-refractivity contribution < 1.29 is 29.7 Å². The van der Waals surface area contributed by atoms with Gasteiger partial charge in [-0.15, -0.1) is 0 Å². The molecule has 1 aromatic heterocycles. The van der Waals surface area contributed by atoms with Gasteiger partial charge in [0, 0.05) is 25.2 Å². The van der Waals surface area contributed by atoms with E-state index in [9.17, 15) is 0 Å². The number of aromatic hydroxyl groups is 2. The van der Waals surface area contributed by atoms with Gasteiger partial charge in [-0.05, 0) is 31.2 Å². The molecule has 0 atom stereocenters. The Morgan fingerprint density at radius 2 is 1.47 bits per heavy atom. The van der Waals surface area contributed by atoms with E-state index in [-0.39, 0.29) is 31.0 Å². The largest absolute Gasteiger partial charge is 0.504 e. The summed E-state index contributed by atoms with van der Waals surface area (Å²) in [6.07, 6.45) is 0. The van der Waals surface area contributed by atoms with Crippen LogP contribution < -0.4 is 5.73 Å². The standard InChI is InChI=1S/C6H8N2.C6H6O2.Zn/c1-5-3-2-4-6(7)8-5;7-5-3-1-2-4-6(5)8;/h2-4H,1H3,(H2,7,8);1-4,7-8H;. The maximum absolute atomic E-state index is 8.67. The van der Waals surface area contributed by atoms with E-state index < -0.39 is 0 Å². The molecule has 0 aliphatic heterocycles. The number of nitrogen functional groups attached to an aromatic ring is 1. The third kappa shape index (κ3) is 5.88. The van der Waals surface area contributed by atoms with Crippen molar-refractivity contribution in [2.24, 2.45) is 0 Å². The van der Waals surface area contributed by atoms with Crippen LogP contribution in [-0.4, -0.2) is 15.2 Å². The van der Waals surface area contributed by atoms with E-state index in [1.54, 1.807) is 18.2 Å². The Morgan fingerprint density at radius 1 is 0.941 bits per heavy atom. The van der Waals surface area contributed by atoms with E-state index in [0.29, 0.717) is 5.82 Å². The fourth-order valence-electron chi connectivity index (χ4n) is 1.03. The first-order valence-electron chi connectivity index (χ1n) is 4.75. The van der Waals surface area contributed by atoms with Crippen molar-refractivity contribution >= 4 is 5.82 Å². The predicted octanol–water partition coefficient (Wildman–Crippen LogP) is 2.07. The van der Waals surface area contributed by atoms with Crippen LogP contribution in [0.3, 0.4) is 0 Å². The zero-order valence-electron chi connectivity index (χ0n) is 9.67. The van der Waals surface area contributed by atoms with Crippen molar-refractivity contribution in [3.05, 3.63) is 48.2 Å². The number of phenols is 2. The van der Waals surface area contributed by atoms with Crippen molar-refractivity contribution in [1.29, 1.82) is 0 Å². The van der Waals surface area contributed by atoms with Gasteiger partial charge >= 0.3 is 0 Å². The van der Waals surface area contributed by atoms with Gasteiger partial charge in [-0.1, -0.05) is 18.2 Å². The van der Waals surface area contributed by atoms with Gasteiger partial charge in [0.25, 0.3) is 0 Å². The first kappa shape index (κ1) is 15.4. The summed E-state index contributed by atoms with van der Waals surface area (Å²) in [5.41, 5.74) is 6.31. The molecular weight excluding hydrogens is 270 g/mol. The van der Waals surface area contributed by atoms with Gasteiger partial charge in [0.1, 0.15) is 5.82 Å². The summed E-state index contributed by atoms with van der Waals surface area (Å²) in [6, 6.07) is 11.7. The minimum Gasteiger partial charge on any atom is -0.504 e. The maximum Gasteiger partial charge on any atom is 0.157 e. The topological polar surface area (TPSA) is 79.4 Å². The molecule has 0 saturated heterocycles. The molecule has 0 bridgehead atoms. The van der Waals surface area contributed by atoms with Crippen LogP contribution in [0.2, 0.25) is 0 Å². The summed E-state index contributed by atoms with van der Waals surface area (Å²) >= 11 is 0. The van der Waals surface area contributed by atoms with Crippen molar-refractivity contribution in [2.75, 3.05) is 5.73 Å². The van der Waals surface area contributed by atoms with E-state index in [0.717, 1.165) is 5.69 Å². The Kier molecular flexibility index (Phi) is 6.91. The number of rotatable bonds is 0. The smallest absolute Gasteiger partial charge is 0.157 e. The van der Waals surface area contributed by atoms with E-state index in [4.69, 9.17) is 15.9 Å².